The fourth-order valence-electron chi connectivity index (χ4n) is 8.76. The van der Waals surface area contributed by atoms with Crippen LogP contribution in [0.5, 0.6) is 0 Å². The van der Waals surface area contributed by atoms with E-state index in [0.717, 1.165) is 50.2 Å². The van der Waals surface area contributed by atoms with Crippen LogP contribution in [0.3, 0.4) is 0 Å². The molecule has 0 spiro atoms. The van der Waals surface area contributed by atoms with Crippen LogP contribution in [0, 0.1) is 0 Å². The van der Waals surface area contributed by atoms with Crippen LogP contribution in [0.25, 0.3) is 33.8 Å². The fraction of sp³-hybridized carbons (Fsp3) is 0.107. The summed E-state index contributed by atoms with van der Waals surface area (Å²) < 4.78 is 5.49. The van der Waals surface area contributed by atoms with Gasteiger partial charge in [-0.05, 0) is 81.1 Å². The van der Waals surface area contributed by atoms with Crippen molar-refractivity contribution in [3.8, 4) is 33.8 Å². The highest BCUT2D eigenvalue weighted by atomic mass is 16.5. The maximum absolute atomic E-state index is 14.6. The summed E-state index contributed by atoms with van der Waals surface area (Å²) in [5.41, 5.74) is 9.09. The molecule has 1 saturated heterocycles. The Morgan fingerprint density at radius 3 is 1.79 bits per heavy atom. The minimum Gasteiger partial charge on any atom is -0.378 e. The van der Waals surface area contributed by atoms with Gasteiger partial charge in [0.15, 0.2) is 5.54 Å². The number of nitrogens with zero attached hydrogens (tertiary/aromatic N) is 7. The smallest absolute Gasteiger partial charge is 0.258 e. The average molecular weight is 864 g/mol. The Bertz CT molecular complexity index is 2970. The highest BCUT2D eigenvalue weighted by molar-refractivity contribution is 6.07. The van der Waals surface area contributed by atoms with Crippen molar-refractivity contribution in [2.24, 2.45) is 0 Å². The van der Waals surface area contributed by atoms with E-state index in [4.69, 9.17) is 20.1 Å². The van der Waals surface area contributed by atoms with Crippen LogP contribution in [0.2, 0.25) is 0 Å². The summed E-state index contributed by atoms with van der Waals surface area (Å²) in [7, 11) is 0. The third-order valence-corrected chi connectivity index (χ3v) is 12.1. The average Bonchev–Trinajstić information content (AvgIpc) is 3.90. The Kier molecular flexibility index (Phi) is 11.9. The van der Waals surface area contributed by atoms with E-state index in [2.05, 4.69) is 59.6 Å². The minimum atomic E-state index is -0.911. The molecule has 0 aliphatic carbocycles. The van der Waals surface area contributed by atoms with Crippen LogP contribution >= 0.6 is 0 Å². The number of hydrogen-bond donors (Lipinski definition) is 0. The molecule has 1 fully saturated rings. The molecule has 66 heavy (non-hydrogen) atoms. The van der Waals surface area contributed by atoms with Gasteiger partial charge in [0.2, 0.25) is 5.82 Å². The first-order valence-corrected chi connectivity index (χ1v) is 22.0. The third kappa shape index (κ3) is 8.29. The van der Waals surface area contributed by atoms with E-state index < -0.39 is 5.54 Å². The van der Waals surface area contributed by atoms with Crippen molar-refractivity contribution in [2.45, 2.75) is 12.1 Å². The van der Waals surface area contributed by atoms with Gasteiger partial charge < -0.3 is 14.5 Å². The summed E-state index contributed by atoms with van der Waals surface area (Å²) in [5.74, 6) is 0.203. The number of aromatic nitrogens is 5. The van der Waals surface area contributed by atoms with Crippen molar-refractivity contribution in [1.29, 1.82) is 0 Å². The monoisotopic (exact) mass is 863 g/mol. The number of carbonyl (C=O) groups excluding carboxylic acids is 2. The molecule has 0 N–H and O–H groups in total. The maximum atomic E-state index is 14.6. The molecule has 0 bridgehead atoms. The van der Waals surface area contributed by atoms with Crippen LogP contribution in [-0.4, -0.2) is 68.2 Å². The molecule has 1 aliphatic heterocycles. The molecule has 0 radical (unpaired) electrons. The maximum Gasteiger partial charge on any atom is 0.258 e. The quantitative estimate of drug-likeness (QED) is 0.113. The molecular weight excluding hydrogens is 819 g/mol. The Labute approximate surface area is 383 Å². The van der Waals surface area contributed by atoms with Crippen molar-refractivity contribution >= 4 is 17.5 Å². The van der Waals surface area contributed by atoms with Gasteiger partial charge in [-0.2, -0.15) is 0 Å². The number of pyridine rings is 1. The first kappa shape index (κ1) is 41.7. The summed E-state index contributed by atoms with van der Waals surface area (Å²) in [6.45, 7) is 2.30. The molecule has 1 aliphatic rings. The standard InChI is InChI=1S/C56H45N7O3/c64-54(61-35-37-66-38-36-61)45-15-14-22-49(39-45)62(55(65)44-32-30-43(31-33-44)52-25-12-13-34-57-52)40-41-26-28-42(29-27-41)50-23-10-11-24-51(50)53-58-60-63(59-53)56(46-16-4-1-5-17-46,47-18-6-2-7-19-47)48-20-8-3-9-21-48/h1-34,39H,35-38,40H2. The third-order valence-electron chi connectivity index (χ3n) is 12.1. The Morgan fingerprint density at radius 2 is 1.17 bits per heavy atom. The topological polar surface area (TPSA) is 106 Å². The van der Waals surface area contributed by atoms with Crippen molar-refractivity contribution in [1.82, 2.24) is 30.1 Å². The number of anilines is 1. The first-order valence-electron chi connectivity index (χ1n) is 22.0. The van der Waals surface area contributed by atoms with Crippen LogP contribution in [-0.2, 0) is 16.8 Å². The molecule has 2 aromatic heterocycles. The van der Waals surface area contributed by atoms with E-state index in [1.54, 1.807) is 26.9 Å². The summed E-state index contributed by atoms with van der Waals surface area (Å²) in [4.78, 5) is 38.0. The predicted molar refractivity (Wildman–Crippen MR) is 257 cm³/mol. The van der Waals surface area contributed by atoms with Crippen LogP contribution in [0.4, 0.5) is 5.69 Å². The number of carbonyl (C=O) groups is 2. The lowest BCUT2D eigenvalue weighted by Crippen LogP contribution is -2.40. The number of ether oxygens (including phenoxy) is 1. The van der Waals surface area contributed by atoms with Gasteiger partial charge >= 0.3 is 0 Å². The number of benzene rings is 7. The molecule has 0 saturated carbocycles. The van der Waals surface area contributed by atoms with E-state index in [-0.39, 0.29) is 18.4 Å². The van der Waals surface area contributed by atoms with Crippen LogP contribution in [0.15, 0.2) is 212 Å². The molecule has 7 aromatic carbocycles. The molecule has 10 rings (SSSR count). The number of tetrazole rings is 1. The highest BCUT2D eigenvalue weighted by Gasteiger charge is 2.41. The van der Waals surface area contributed by atoms with Crippen molar-refractivity contribution < 1.29 is 14.3 Å². The number of rotatable bonds is 12. The largest absolute Gasteiger partial charge is 0.378 e. The van der Waals surface area contributed by atoms with Crippen molar-refractivity contribution in [3.63, 3.8) is 0 Å². The SMILES string of the molecule is O=C(c1cccc(N(Cc2ccc(-c3ccccc3-c3nnn(C(c4ccccc4)(c4ccccc4)c4ccccc4)n3)cc2)C(=O)c2ccc(-c3ccccn3)cc2)c1)N1CCOCC1. The van der Waals surface area contributed by atoms with Gasteiger partial charge in [-0.3, -0.25) is 14.6 Å². The zero-order chi connectivity index (χ0) is 44.7. The Morgan fingerprint density at radius 1 is 0.576 bits per heavy atom. The summed E-state index contributed by atoms with van der Waals surface area (Å²) >= 11 is 0. The van der Waals surface area contributed by atoms with Gasteiger partial charge in [-0.25, -0.2) is 0 Å². The molecule has 10 nitrogen and oxygen atoms in total. The van der Waals surface area contributed by atoms with E-state index >= 15 is 0 Å². The number of hydrogen-bond acceptors (Lipinski definition) is 7. The minimum absolute atomic E-state index is 0.0873. The van der Waals surface area contributed by atoms with E-state index in [9.17, 15) is 9.59 Å². The molecule has 9 aromatic rings. The molecule has 0 unspecified atom stereocenters. The highest BCUT2D eigenvalue weighted by Crippen LogP contribution is 2.40. The van der Waals surface area contributed by atoms with Gasteiger partial charge in [0.25, 0.3) is 11.8 Å². The van der Waals surface area contributed by atoms with Gasteiger partial charge in [-0.1, -0.05) is 164 Å². The second-order valence-corrected chi connectivity index (χ2v) is 16.1. The lowest BCUT2D eigenvalue weighted by atomic mass is 9.77. The zero-order valence-electron chi connectivity index (χ0n) is 36.1. The zero-order valence-corrected chi connectivity index (χ0v) is 36.1. The van der Waals surface area contributed by atoms with E-state index in [1.807, 2.05) is 146 Å². The van der Waals surface area contributed by atoms with Gasteiger partial charge in [0, 0.05) is 47.2 Å². The predicted octanol–water partition coefficient (Wildman–Crippen LogP) is 10.2. The lowest BCUT2D eigenvalue weighted by Gasteiger charge is -2.34. The molecule has 10 heteroatoms. The summed E-state index contributed by atoms with van der Waals surface area (Å²) in [6.07, 6.45) is 1.75. The van der Waals surface area contributed by atoms with Crippen molar-refractivity contribution in [3.05, 3.63) is 246 Å². The van der Waals surface area contributed by atoms with Crippen LogP contribution in [0.1, 0.15) is 43.0 Å². The normalized spacial score (nSPS) is 12.7. The summed E-state index contributed by atoms with van der Waals surface area (Å²) in [5, 5.41) is 14.7. The Hall–Kier alpha value is -8.34. The number of amides is 2. The second-order valence-electron chi connectivity index (χ2n) is 16.1. The Balaban J connectivity index is 0.982. The first-order chi connectivity index (χ1) is 32.6. The van der Waals surface area contributed by atoms with Gasteiger partial charge in [-0.15, -0.1) is 15.0 Å². The van der Waals surface area contributed by atoms with Gasteiger partial charge in [0.05, 0.1) is 25.5 Å². The molecule has 0 atom stereocenters. The molecular formula is C56H45N7O3. The summed E-state index contributed by atoms with van der Waals surface area (Å²) in [6, 6.07) is 67.7. The van der Waals surface area contributed by atoms with Crippen LogP contribution < -0.4 is 4.90 Å². The number of morpholine rings is 1. The van der Waals surface area contributed by atoms with Gasteiger partial charge in [0.1, 0.15) is 0 Å². The fourth-order valence-corrected chi connectivity index (χ4v) is 8.76. The lowest BCUT2D eigenvalue weighted by molar-refractivity contribution is 0.0303. The molecule has 2 amide bonds. The molecule has 322 valence electrons. The van der Waals surface area contributed by atoms with E-state index in [1.165, 1.54) is 0 Å². The molecule has 3 heterocycles. The second kappa shape index (κ2) is 18.8. The van der Waals surface area contributed by atoms with Crippen molar-refractivity contribution in [2.75, 3.05) is 31.2 Å². The van der Waals surface area contributed by atoms with E-state index in [0.29, 0.717) is 48.9 Å².